The first-order valence-corrected chi connectivity index (χ1v) is 13.2. The predicted octanol–water partition coefficient (Wildman–Crippen LogP) is 2.79. The topological polar surface area (TPSA) is 86.6 Å². The number of hydrogen-bond donors (Lipinski definition) is 1. The van der Waals surface area contributed by atoms with Crippen LogP contribution in [0.3, 0.4) is 0 Å². The number of nitrogens with zero attached hydrogens (tertiary/aromatic N) is 4. The second kappa shape index (κ2) is 8.41. The first-order valence-electron chi connectivity index (χ1n) is 11.0. The van der Waals surface area contributed by atoms with E-state index in [1.807, 2.05) is 0 Å². The summed E-state index contributed by atoms with van der Waals surface area (Å²) in [5.41, 5.74) is 0.939. The molecular weight excluding hydrogens is 474 g/mol. The Hall–Kier alpha value is -1.88. The number of halogens is 3. The molecule has 0 aliphatic carbocycles. The summed E-state index contributed by atoms with van der Waals surface area (Å²) in [4.78, 5) is 13.2. The molecule has 3 aliphatic rings. The maximum Gasteiger partial charge on any atom is 0.164 e. The first-order chi connectivity index (χ1) is 15.7. The van der Waals surface area contributed by atoms with E-state index in [1.165, 1.54) is 0 Å². The number of piperidine rings is 1. The lowest BCUT2D eigenvalue weighted by Crippen LogP contribution is -2.42. The van der Waals surface area contributed by atoms with Gasteiger partial charge in [-0.2, -0.15) is 0 Å². The maximum atomic E-state index is 14.6. The lowest BCUT2D eigenvalue weighted by atomic mass is 9.77. The van der Waals surface area contributed by atoms with E-state index >= 15 is 0 Å². The molecule has 0 unspecified atom stereocenters. The third kappa shape index (κ3) is 4.34. The fraction of sp³-hybridized carbons (Fsp3) is 0.545. The number of β-amino-alcohol motifs (C(OH)–C–C–N with tert-alkyl or cyclic N) is 1. The molecule has 7 nitrogen and oxygen atoms in total. The van der Waals surface area contributed by atoms with E-state index in [9.17, 15) is 22.3 Å². The average molecular weight is 499 g/mol. The number of likely N-dealkylation sites (tertiary alicyclic amines) is 1. The molecule has 1 aromatic carbocycles. The Morgan fingerprint density at radius 1 is 1.06 bits per heavy atom. The molecule has 1 N–H and O–H groups in total. The van der Waals surface area contributed by atoms with Gasteiger partial charge in [0.2, 0.25) is 0 Å². The van der Waals surface area contributed by atoms with Crippen molar-refractivity contribution in [3.8, 4) is 11.4 Å². The fourth-order valence-corrected chi connectivity index (χ4v) is 6.94. The summed E-state index contributed by atoms with van der Waals surface area (Å²) in [7, 11) is -3.37. The van der Waals surface area contributed by atoms with Gasteiger partial charge in [0.15, 0.2) is 15.7 Å². The Morgan fingerprint density at radius 2 is 1.79 bits per heavy atom. The summed E-state index contributed by atoms with van der Waals surface area (Å²) in [5.74, 6) is -1.49. The van der Waals surface area contributed by atoms with Gasteiger partial charge in [0.05, 0.1) is 34.4 Å². The molecule has 0 saturated carbocycles. The van der Waals surface area contributed by atoms with Crippen LogP contribution in [0.1, 0.15) is 30.5 Å². The third-order valence-electron chi connectivity index (χ3n) is 7.10. The van der Waals surface area contributed by atoms with Gasteiger partial charge in [-0.1, -0.05) is 11.6 Å². The van der Waals surface area contributed by atoms with Crippen LogP contribution in [-0.4, -0.2) is 67.7 Å². The smallest absolute Gasteiger partial charge is 0.164 e. The Bertz CT molecular complexity index is 1200. The number of aromatic nitrogens is 2. The average Bonchev–Trinajstić information content (AvgIpc) is 3.29. The van der Waals surface area contributed by atoms with Crippen LogP contribution in [0.15, 0.2) is 12.1 Å². The van der Waals surface area contributed by atoms with Gasteiger partial charge in [-0.25, -0.2) is 27.2 Å². The minimum absolute atomic E-state index is 0.0378. The second-order valence-corrected chi connectivity index (χ2v) is 11.8. The van der Waals surface area contributed by atoms with Crippen LogP contribution in [-0.2, 0) is 21.3 Å². The summed E-state index contributed by atoms with van der Waals surface area (Å²) in [6.45, 7) is 4.11. The van der Waals surface area contributed by atoms with E-state index in [0.29, 0.717) is 36.7 Å². The fourth-order valence-electron chi connectivity index (χ4n) is 5.30. The molecule has 178 valence electrons. The minimum atomic E-state index is -3.37. The van der Waals surface area contributed by atoms with Gasteiger partial charge in [0.25, 0.3) is 0 Å². The van der Waals surface area contributed by atoms with Gasteiger partial charge in [-0.3, -0.25) is 0 Å². The largest absolute Gasteiger partial charge is 0.395 e. The number of rotatable bonds is 4. The van der Waals surface area contributed by atoms with Crippen LogP contribution in [0.25, 0.3) is 11.4 Å². The first kappa shape index (κ1) is 22.9. The van der Waals surface area contributed by atoms with Gasteiger partial charge in [0.1, 0.15) is 17.5 Å². The second-order valence-electron chi connectivity index (χ2n) is 9.31. The molecule has 4 heterocycles. The van der Waals surface area contributed by atoms with Crippen molar-refractivity contribution in [2.24, 2.45) is 5.41 Å². The zero-order valence-electron chi connectivity index (χ0n) is 18.0. The summed E-state index contributed by atoms with van der Waals surface area (Å²) >= 11 is 5.69. The van der Waals surface area contributed by atoms with Crippen molar-refractivity contribution in [1.82, 2.24) is 14.9 Å². The van der Waals surface area contributed by atoms with Crippen molar-refractivity contribution in [3.63, 3.8) is 0 Å². The summed E-state index contributed by atoms with van der Waals surface area (Å²) in [6.07, 6.45) is 2.90. The number of hydrogen-bond acceptors (Lipinski definition) is 7. The van der Waals surface area contributed by atoms with E-state index in [1.54, 1.807) is 0 Å². The van der Waals surface area contributed by atoms with Crippen LogP contribution in [0.2, 0.25) is 5.02 Å². The van der Waals surface area contributed by atoms with Crippen LogP contribution in [0.5, 0.6) is 0 Å². The number of aliphatic hydroxyl groups excluding tert-OH is 1. The Labute approximate surface area is 196 Å². The SMILES string of the molecule is O=S1(=O)Cc2nc(-c3cc(F)c(Cl)cc3F)nc(N3CCC4(CCN(CCO)C4)CC3)c2C1. The Balaban J connectivity index is 1.48. The summed E-state index contributed by atoms with van der Waals surface area (Å²) in [5, 5.41) is 8.90. The maximum absolute atomic E-state index is 14.6. The van der Waals surface area contributed by atoms with Crippen molar-refractivity contribution < 1.29 is 22.3 Å². The highest BCUT2D eigenvalue weighted by Crippen LogP contribution is 2.43. The molecule has 3 aliphatic heterocycles. The third-order valence-corrected chi connectivity index (χ3v) is 8.83. The van der Waals surface area contributed by atoms with Crippen molar-refractivity contribution in [3.05, 3.63) is 40.0 Å². The predicted molar refractivity (Wildman–Crippen MR) is 121 cm³/mol. The molecule has 0 atom stereocenters. The van der Waals surface area contributed by atoms with Crippen molar-refractivity contribution >= 4 is 27.3 Å². The molecule has 1 aromatic heterocycles. The van der Waals surface area contributed by atoms with Gasteiger partial charge in [-0.05, 0) is 43.4 Å². The highest BCUT2D eigenvalue weighted by atomic mass is 35.5. The van der Waals surface area contributed by atoms with Gasteiger partial charge < -0.3 is 14.9 Å². The van der Waals surface area contributed by atoms with Crippen molar-refractivity contribution in [2.45, 2.75) is 30.8 Å². The van der Waals surface area contributed by atoms with Crippen LogP contribution >= 0.6 is 11.6 Å². The molecule has 0 amide bonds. The highest BCUT2D eigenvalue weighted by Gasteiger charge is 2.42. The van der Waals surface area contributed by atoms with Gasteiger partial charge >= 0.3 is 0 Å². The van der Waals surface area contributed by atoms with Crippen molar-refractivity contribution in [2.75, 3.05) is 44.2 Å². The van der Waals surface area contributed by atoms with Gasteiger partial charge in [0, 0.05) is 31.7 Å². The molecule has 1 spiro atoms. The van der Waals surface area contributed by atoms with Crippen LogP contribution < -0.4 is 4.90 Å². The van der Waals surface area contributed by atoms with Gasteiger partial charge in [-0.15, -0.1) is 0 Å². The number of fused-ring (bicyclic) bond motifs is 1. The lowest BCUT2D eigenvalue weighted by molar-refractivity contribution is 0.181. The summed E-state index contributed by atoms with van der Waals surface area (Å²) in [6, 6.07) is 1.83. The van der Waals surface area contributed by atoms with Crippen LogP contribution in [0.4, 0.5) is 14.6 Å². The number of sulfone groups is 1. The molecule has 5 rings (SSSR count). The molecule has 0 bridgehead atoms. The normalized spacial score (nSPS) is 21.6. The number of benzene rings is 1. The van der Waals surface area contributed by atoms with E-state index < -0.39 is 21.5 Å². The molecule has 2 fully saturated rings. The monoisotopic (exact) mass is 498 g/mol. The minimum Gasteiger partial charge on any atom is -0.395 e. The molecule has 2 aromatic rings. The molecular formula is C22H25ClF2N4O3S. The van der Waals surface area contributed by atoms with E-state index in [-0.39, 0.29) is 39.9 Å². The lowest BCUT2D eigenvalue weighted by Gasteiger charge is -2.40. The Morgan fingerprint density at radius 3 is 2.52 bits per heavy atom. The van der Waals surface area contributed by atoms with Crippen molar-refractivity contribution in [1.29, 1.82) is 0 Å². The molecule has 11 heteroatoms. The summed E-state index contributed by atoms with van der Waals surface area (Å²) < 4.78 is 53.4. The standard InChI is InChI=1S/C22H25ClF2N4O3S/c23-16-10-17(24)14(9-18(16)25)20-26-19-12-33(31,32)11-15(19)21(27-20)29-5-2-22(3-6-29)1-4-28(13-22)7-8-30/h9-10,30H,1-8,11-13H2. The quantitative estimate of drug-likeness (QED) is 0.649. The molecule has 33 heavy (non-hydrogen) atoms. The van der Waals surface area contributed by atoms with E-state index in [4.69, 9.17) is 11.6 Å². The number of aliphatic hydroxyl groups is 1. The Kier molecular flexibility index (Phi) is 5.83. The molecule has 2 saturated heterocycles. The van der Waals surface area contributed by atoms with E-state index in [2.05, 4.69) is 19.8 Å². The van der Waals surface area contributed by atoms with E-state index in [0.717, 1.165) is 44.5 Å². The number of anilines is 1. The highest BCUT2D eigenvalue weighted by molar-refractivity contribution is 7.90. The van der Waals surface area contributed by atoms with Crippen LogP contribution in [0, 0.1) is 17.0 Å². The zero-order valence-corrected chi connectivity index (χ0v) is 19.6. The zero-order chi connectivity index (χ0) is 23.4. The molecule has 0 radical (unpaired) electrons.